The maximum atomic E-state index is 2.38. The van der Waals surface area contributed by atoms with Gasteiger partial charge < -0.3 is 19.6 Å². The summed E-state index contributed by atoms with van der Waals surface area (Å²) in [4.78, 5) is 9.35. The first kappa shape index (κ1) is 70.5. The van der Waals surface area contributed by atoms with Crippen LogP contribution in [0.5, 0.6) is 0 Å². The Morgan fingerprint density at radius 3 is 0.673 bits per heavy atom. The Bertz CT molecular complexity index is 6180. The van der Waals surface area contributed by atoms with Crippen LogP contribution in [-0.2, 0) is 0 Å². The number of hydrogen-bond donors (Lipinski definition) is 0. The molecule has 19 aromatic rings. The van der Waals surface area contributed by atoms with Gasteiger partial charge in [-0.1, -0.05) is 312 Å². The molecule has 0 aliphatic heterocycles. The van der Waals surface area contributed by atoms with Crippen molar-refractivity contribution in [1.29, 1.82) is 0 Å². The summed E-state index contributed by atoms with van der Waals surface area (Å²) in [5.41, 5.74) is 21.7. The van der Waals surface area contributed by atoms with E-state index >= 15 is 0 Å². The van der Waals surface area contributed by atoms with Crippen LogP contribution in [-0.4, -0.2) is 0 Å². The van der Waals surface area contributed by atoms with Crippen LogP contribution in [0.15, 0.2) is 413 Å². The summed E-state index contributed by atoms with van der Waals surface area (Å²) >= 11 is 0. The predicted molar refractivity (Wildman–Crippen MR) is 475 cm³/mol. The minimum absolute atomic E-state index is 1.16. The molecule has 0 fully saturated rings. The highest BCUT2D eigenvalue weighted by Crippen LogP contribution is 2.44. The highest BCUT2D eigenvalue weighted by atomic mass is 15.2. The molecular formula is C106H86N4. The van der Waals surface area contributed by atoms with Gasteiger partial charge in [0.05, 0.1) is 11.4 Å². The van der Waals surface area contributed by atoms with Gasteiger partial charge in [0.1, 0.15) is 0 Å². The molecule has 0 aliphatic rings. The van der Waals surface area contributed by atoms with Crippen molar-refractivity contribution in [3.8, 4) is 0 Å². The molecule has 19 aromatic carbocycles. The van der Waals surface area contributed by atoms with Gasteiger partial charge in [-0.05, 0) is 240 Å². The molecule has 4 nitrogen and oxygen atoms in total. The second-order valence-electron chi connectivity index (χ2n) is 28.7. The zero-order valence-corrected chi connectivity index (χ0v) is 63.0. The van der Waals surface area contributed by atoms with Crippen LogP contribution >= 0.6 is 0 Å². The zero-order valence-electron chi connectivity index (χ0n) is 63.0. The van der Waals surface area contributed by atoms with Crippen molar-refractivity contribution in [2.45, 2.75) is 41.5 Å². The SMILES string of the molecule is Cc1ccc(N(c2ccc(C)cc2)c2ccc3cc(C)ccc3c2)cc1.Cc1ccc(N(c2cccc3ccccc23)c2cccc3ccccc23)cc1.Cc1ccc2cc(N(c3ccc4ccccc4c3)c3ccc4ccccc4c3)ccc2c1.Cc1ccc2cc(N(c3ccccc3)c3ccccc3)ccc2c1. The van der Waals surface area contributed by atoms with Crippen LogP contribution in [0.25, 0.3) is 75.4 Å². The van der Waals surface area contributed by atoms with Gasteiger partial charge in [0.15, 0.2) is 0 Å². The van der Waals surface area contributed by atoms with Gasteiger partial charge in [0.25, 0.3) is 0 Å². The largest absolute Gasteiger partial charge is 0.310 e. The van der Waals surface area contributed by atoms with Crippen LogP contribution in [0.4, 0.5) is 68.2 Å². The van der Waals surface area contributed by atoms with Crippen molar-refractivity contribution >= 4 is 144 Å². The van der Waals surface area contributed by atoms with Crippen molar-refractivity contribution in [2.24, 2.45) is 0 Å². The smallest absolute Gasteiger partial charge is 0.0540 e. The topological polar surface area (TPSA) is 13.0 Å². The van der Waals surface area contributed by atoms with Crippen LogP contribution in [0.1, 0.15) is 33.4 Å². The van der Waals surface area contributed by atoms with E-state index in [0.717, 1.165) is 28.4 Å². The number of rotatable bonds is 12. The van der Waals surface area contributed by atoms with E-state index in [1.54, 1.807) is 0 Å². The maximum Gasteiger partial charge on any atom is 0.0540 e. The van der Waals surface area contributed by atoms with Gasteiger partial charge in [-0.25, -0.2) is 0 Å². The lowest BCUT2D eigenvalue weighted by Crippen LogP contribution is -2.11. The second-order valence-corrected chi connectivity index (χ2v) is 28.7. The quantitative estimate of drug-likeness (QED) is 0.121. The van der Waals surface area contributed by atoms with Crippen molar-refractivity contribution in [3.05, 3.63) is 446 Å². The number of hydrogen-bond acceptors (Lipinski definition) is 4. The van der Waals surface area contributed by atoms with Crippen molar-refractivity contribution in [2.75, 3.05) is 19.6 Å². The number of para-hydroxylation sites is 2. The molecule has 19 rings (SSSR count). The number of fused-ring (bicyclic) bond motifs is 7. The van der Waals surface area contributed by atoms with Gasteiger partial charge >= 0.3 is 0 Å². The van der Waals surface area contributed by atoms with E-state index in [1.165, 1.54) is 149 Å². The average Bonchev–Trinajstić information content (AvgIpc) is 0.770. The Morgan fingerprint density at radius 2 is 0.336 bits per heavy atom. The van der Waals surface area contributed by atoms with Gasteiger partial charge in [0, 0.05) is 67.6 Å². The lowest BCUT2D eigenvalue weighted by atomic mass is 10.0. The molecule has 0 bridgehead atoms. The summed E-state index contributed by atoms with van der Waals surface area (Å²) in [7, 11) is 0. The van der Waals surface area contributed by atoms with Crippen molar-refractivity contribution in [1.82, 2.24) is 0 Å². The van der Waals surface area contributed by atoms with E-state index in [4.69, 9.17) is 0 Å². The highest BCUT2D eigenvalue weighted by Gasteiger charge is 2.20. The monoisotopic (exact) mass is 1410 g/mol. The van der Waals surface area contributed by atoms with Gasteiger partial charge in [-0.15, -0.1) is 0 Å². The first-order valence-corrected chi connectivity index (χ1v) is 37.9. The number of aryl methyl sites for hydroxylation is 6. The molecule has 4 heteroatoms. The van der Waals surface area contributed by atoms with Crippen LogP contribution in [0.2, 0.25) is 0 Å². The fourth-order valence-electron chi connectivity index (χ4n) is 14.9. The molecule has 0 radical (unpaired) electrons. The predicted octanol–water partition coefficient (Wildman–Crippen LogP) is 30.5. The van der Waals surface area contributed by atoms with Crippen molar-refractivity contribution in [3.63, 3.8) is 0 Å². The van der Waals surface area contributed by atoms with Crippen LogP contribution < -0.4 is 19.6 Å². The molecule has 0 spiro atoms. The molecule has 0 aromatic heterocycles. The molecule has 0 heterocycles. The number of anilines is 12. The number of nitrogens with zero attached hydrogens (tertiary/aromatic N) is 4. The summed E-state index contributed by atoms with van der Waals surface area (Å²) < 4.78 is 0. The minimum atomic E-state index is 1.16. The van der Waals surface area contributed by atoms with E-state index in [0.29, 0.717) is 0 Å². The molecule has 0 amide bonds. The molecule has 0 aliphatic carbocycles. The Kier molecular flexibility index (Phi) is 20.6. The van der Waals surface area contributed by atoms with E-state index in [-0.39, 0.29) is 0 Å². The summed E-state index contributed by atoms with van der Waals surface area (Å²) in [5.74, 6) is 0. The molecule has 0 N–H and O–H groups in total. The fraction of sp³-hybridized carbons (Fsp3) is 0.0566. The van der Waals surface area contributed by atoms with E-state index < -0.39 is 0 Å². The van der Waals surface area contributed by atoms with Gasteiger partial charge in [-0.2, -0.15) is 0 Å². The van der Waals surface area contributed by atoms with E-state index in [1.807, 2.05) is 0 Å². The van der Waals surface area contributed by atoms with Gasteiger partial charge in [0.2, 0.25) is 0 Å². The highest BCUT2D eigenvalue weighted by molar-refractivity contribution is 6.05. The molecule has 110 heavy (non-hydrogen) atoms. The maximum absolute atomic E-state index is 2.38. The van der Waals surface area contributed by atoms with Crippen molar-refractivity contribution < 1.29 is 0 Å². The lowest BCUT2D eigenvalue weighted by Gasteiger charge is -2.28. The summed E-state index contributed by atoms with van der Waals surface area (Å²) in [5, 5.41) is 17.6. The van der Waals surface area contributed by atoms with Gasteiger partial charge in [-0.3, -0.25) is 0 Å². The normalized spacial score (nSPS) is 11.0. The molecule has 530 valence electrons. The Hall–Kier alpha value is -13.8. The first-order chi connectivity index (χ1) is 54.0. The third kappa shape index (κ3) is 15.7. The standard InChI is InChI=1S/C31H23N.C27H21N.C25H23N.C23H19N/c1-22-10-11-28-21-31(17-14-27(28)18-22)32(29-15-12-23-6-2-4-8-25(23)19-29)30-16-13-24-7-3-5-9-26(24)20-30;1-20-16-18-23(19-17-20)28(26-14-6-10-21-8-2-4-12-24(21)26)27-15-7-11-22-9-3-5-13-25(22)27;1-18-5-11-23(12-6-18)26(24-13-7-19(2)8-14-24)25-15-10-21-16-20(3)4-9-22(21)17-25;1-18-12-13-20-17-23(15-14-19(20)16-18)24(21-8-4-2-5-9-21)22-10-6-3-7-11-22/h2-21H,1H3;2-19H,1H3;4-17H,1-3H3;2-17H,1H3. The molecule has 0 saturated carbocycles. The Balaban J connectivity index is 0.000000112. The average molecular weight is 1420 g/mol. The Morgan fingerprint density at radius 1 is 0.127 bits per heavy atom. The summed E-state index contributed by atoms with van der Waals surface area (Å²) in [6.07, 6.45) is 0. The lowest BCUT2D eigenvalue weighted by molar-refractivity contribution is 1.27. The zero-order chi connectivity index (χ0) is 74.9. The molecule has 0 atom stereocenters. The van der Waals surface area contributed by atoms with E-state index in [9.17, 15) is 0 Å². The van der Waals surface area contributed by atoms with Crippen LogP contribution in [0, 0.1) is 41.5 Å². The molecule has 0 unspecified atom stereocenters. The summed E-state index contributed by atoms with van der Waals surface area (Å²) in [6.45, 7) is 12.8. The minimum Gasteiger partial charge on any atom is -0.310 e. The van der Waals surface area contributed by atoms with Crippen LogP contribution in [0.3, 0.4) is 0 Å². The third-order valence-electron chi connectivity index (χ3n) is 20.6. The first-order valence-electron chi connectivity index (χ1n) is 37.9. The van der Waals surface area contributed by atoms with E-state index in [2.05, 4.69) is 474 Å². The molecule has 0 saturated heterocycles. The molecular weight excluding hydrogens is 1330 g/mol. The fourth-order valence-corrected chi connectivity index (χ4v) is 14.9. The third-order valence-corrected chi connectivity index (χ3v) is 20.6. The second kappa shape index (κ2) is 32.1. The Labute approximate surface area is 646 Å². The number of benzene rings is 19. The summed E-state index contributed by atoms with van der Waals surface area (Å²) in [6, 6.07) is 148.